The van der Waals surface area contributed by atoms with E-state index in [1.807, 2.05) is 42.7 Å². The van der Waals surface area contributed by atoms with Crippen molar-refractivity contribution in [1.29, 1.82) is 0 Å². The number of rotatable bonds is 11. The van der Waals surface area contributed by atoms with E-state index in [-0.39, 0.29) is 45.0 Å². The van der Waals surface area contributed by atoms with Crippen molar-refractivity contribution in [3.05, 3.63) is 92.5 Å². The zero-order valence-electron chi connectivity index (χ0n) is 29.8. The molecule has 0 aromatic carbocycles. The van der Waals surface area contributed by atoms with E-state index in [0.717, 1.165) is 24.1 Å². The minimum absolute atomic E-state index is 0. The summed E-state index contributed by atoms with van der Waals surface area (Å²) in [6, 6.07) is 0.0825. The third-order valence-electron chi connectivity index (χ3n) is 8.78. The lowest BCUT2D eigenvalue weighted by molar-refractivity contribution is -0.137. The van der Waals surface area contributed by atoms with Gasteiger partial charge in [-0.25, -0.2) is 20.0 Å². The van der Waals surface area contributed by atoms with E-state index in [1.165, 1.54) is 4.68 Å². The zero-order valence-corrected chi connectivity index (χ0v) is 29.8. The number of amides is 1. The van der Waals surface area contributed by atoms with Crippen molar-refractivity contribution in [3.8, 4) is 0 Å². The van der Waals surface area contributed by atoms with Crippen molar-refractivity contribution < 1.29 is 16.1 Å². The Morgan fingerprint density at radius 3 is 1.69 bits per heavy atom. The molecule has 2 N–H and O–H groups in total. The maximum atomic E-state index is 13.0. The second kappa shape index (κ2) is 15.3. The van der Waals surface area contributed by atoms with Gasteiger partial charge in [0.1, 0.15) is 24.7 Å². The van der Waals surface area contributed by atoms with Crippen LogP contribution in [-0.2, 0) is 48.6 Å². The predicted octanol–water partition coefficient (Wildman–Crippen LogP) is 3.05. The van der Waals surface area contributed by atoms with Gasteiger partial charge in [-0.3, -0.25) is 46.5 Å². The molecule has 0 spiro atoms. The summed E-state index contributed by atoms with van der Waals surface area (Å²) in [4.78, 5) is 66.4. The highest BCUT2D eigenvalue weighted by atomic mass is 16.4. The summed E-state index contributed by atoms with van der Waals surface area (Å²) >= 11 is 0. The third-order valence-corrected chi connectivity index (χ3v) is 8.78. The predicted molar refractivity (Wildman–Crippen MR) is 204 cm³/mol. The number of carbonyl (C=O) groups excluding carboxylic acids is 1. The van der Waals surface area contributed by atoms with Gasteiger partial charge >= 0.3 is 5.97 Å². The molecule has 2 aliphatic heterocycles. The van der Waals surface area contributed by atoms with Crippen molar-refractivity contribution in [3.63, 3.8) is 0 Å². The molecule has 1 amide bonds. The van der Waals surface area contributed by atoms with Gasteiger partial charge in [0.05, 0.1) is 34.9 Å². The number of aliphatic imine (C=N–C) groups is 2. The monoisotopic (exact) mass is 739 g/mol. The molecule has 54 heavy (non-hydrogen) atoms. The number of carboxylic acids is 1. The minimum atomic E-state index is -0.964. The fraction of sp³-hybridized carbons (Fsp3) is 0.389. The second-order valence-corrected chi connectivity index (χ2v) is 13.2. The van der Waals surface area contributed by atoms with Gasteiger partial charge < -0.3 is 10.4 Å². The van der Waals surface area contributed by atoms with Crippen molar-refractivity contribution in [2.75, 3.05) is 0 Å². The number of hydrogen-bond acceptors (Lipinski definition) is 10. The number of fused-ring (bicyclic) bond motifs is 6. The Bertz CT molecular complexity index is 2560. The highest BCUT2D eigenvalue weighted by molar-refractivity contribution is 6.06. The van der Waals surface area contributed by atoms with Crippen LogP contribution in [0.4, 0.5) is 11.6 Å². The Morgan fingerprint density at radius 1 is 0.796 bits per heavy atom. The van der Waals surface area contributed by atoms with Crippen molar-refractivity contribution in [1.82, 2.24) is 52.8 Å². The molecule has 18 heteroatoms. The largest absolute Gasteiger partial charge is 0.480 e. The van der Waals surface area contributed by atoms with Crippen LogP contribution in [0.5, 0.6) is 0 Å². The summed E-state index contributed by atoms with van der Waals surface area (Å²) in [6.45, 7) is 9.02. The molecule has 6 aromatic rings. The molecule has 0 unspecified atom stereocenters. The molecule has 2 aliphatic rings. The molecule has 284 valence electrons. The van der Waals surface area contributed by atoms with Crippen LogP contribution in [0.2, 0.25) is 0 Å². The van der Waals surface area contributed by atoms with E-state index < -0.39 is 5.97 Å². The fourth-order valence-electron chi connectivity index (χ4n) is 6.57. The lowest BCUT2D eigenvalue weighted by Gasteiger charge is -2.09. The number of aliphatic carboxylic acids is 1. The van der Waals surface area contributed by atoms with Crippen LogP contribution in [0.15, 0.2) is 69.1 Å². The topological polar surface area (TPSA) is 205 Å². The van der Waals surface area contributed by atoms with Crippen LogP contribution in [0.3, 0.4) is 0 Å². The Kier molecular flexibility index (Phi) is 10.5. The quantitative estimate of drug-likeness (QED) is 0.200. The summed E-state index contributed by atoms with van der Waals surface area (Å²) in [7, 11) is 0. The molecule has 0 bridgehead atoms. The molecule has 0 saturated heterocycles. The fourth-order valence-corrected chi connectivity index (χ4v) is 6.57. The van der Waals surface area contributed by atoms with E-state index in [1.54, 1.807) is 57.2 Å². The number of hydrogen-bond donors (Lipinski definition) is 2. The van der Waals surface area contributed by atoms with Gasteiger partial charge in [-0.15, -0.1) is 0 Å². The Labute approximate surface area is 310 Å². The maximum Gasteiger partial charge on any atom is 0.325 e. The second-order valence-electron chi connectivity index (χ2n) is 13.2. The van der Waals surface area contributed by atoms with E-state index in [0.29, 0.717) is 71.5 Å². The molecule has 0 atom stereocenters. The van der Waals surface area contributed by atoms with Crippen molar-refractivity contribution >= 4 is 46.5 Å². The third kappa shape index (κ3) is 7.01. The van der Waals surface area contributed by atoms with Crippen molar-refractivity contribution in [2.45, 2.75) is 93.0 Å². The van der Waals surface area contributed by atoms with E-state index >= 15 is 0 Å². The highest BCUT2D eigenvalue weighted by Gasteiger charge is 2.27. The highest BCUT2D eigenvalue weighted by Crippen LogP contribution is 2.28. The molecule has 0 radical (unpaired) electrons. The lowest BCUT2D eigenvalue weighted by Crippen LogP contribution is -2.33. The van der Waals surface area contributed by atoms with Gasteiger partial charge in [-0.2, -0.15) is 10.2 Å². The molecule has 0 fully saturated rings. The zero-order chi connectivity index (χ0) is 37.4. The summed E-state index contributed by atoms with van der Waals surface area (Å²) in [6.07, 6.45) is 16.1. The molecule has 18 nitrogen and oxygen atoms in total. The van der Waals surface area contributed by atoms with Crippen LogP contribution in [0, 0.1) is 0 Å². The smallest absolute Gasteiger partial charge is 0.325 e. The minimum Gasteiger partial charge on any atom is -0.480 e. The molecular weight excluding hydrogens is 694 g/mol. The number of aryl methyl sites for hydroxylation is 2. The van der Waals surface area contributed by atoms with Gasteiger partial charge in [0.2, 0.25) is 17.5 Å². The standard InChI is InChI=1S/C19H23N7O2.C16H16N6O3.CH4.H2/c1-4-6-26-18(28)14-8-15(23-17(14)25-7-5-20-19(25)26)13-9-21-24(10-13)11-16(27)22-12(2)3;1-2-4-22-15(25)11-6-12(10-7-18-20(8-10)9-13(23)24)19-14(11)21-5-3-17-16(21)22;;/h5,7,9-10,12H,4,6,8,11H2,1-3H3,(H,22,27);3,5,7-8H,2,4,6,9H2,1H3,(H,23,24);1H4;1H. The number of carboxylic acid groups (broad SMARTS) is 1. The van der Waals surface area contributed by atoms with E-state index in [9.17, 15) is 19.2 Å². The Hall–Kier alpha value is -6.46. The summed E-state index contributed by atoms with van der Waals surface area (Å²) < 4.78 is 9.98. The van der Waals surface area contributed by atoms with Gasteiger partial charge in [0.25, 0.3) is 11.1 Å². The Balaban J connectivity index is 0.000000205. The normalized spacial score (nSPS) is 13.0. The summed E-state index contributed by atoms with van der Waals surface area (Å²) in [5, 5.41) is 20.0. The number of carbonyl (C=O) groups is 2. The molecule has 6 aromatic heterocycles. The SMILES string of the molecule is C.CCCn1c(=O)c2c(n3ccnc13)N=C(c1cnn(CC(=O)NC(C)C)c1)C2.CCCn1c(=O)c2c(n3ccnc13)N=C(c1cnn(CC(=O)O)c1)C2.[HH]. The summed E-state index contributed by atoms with van der Waals surface area (Å²) in [5.74, 6) is 1.35. The van der Waals surface area contributed by atoms with Crippen LogP contribution >= 0.6 is 0 Å². The first-order chi connectivity index (χ1) is 25.6. The number of aromatic nitrogens is 10. The molecular formula is C36H45N13O5. The number of nitrogens with one attached hydrogen (secondary N) is 1. The summed E-state index contributed by atoms with van der Waals surface area (Å²) in [5.41, 5.74) is 4.17. The number of imidazole rings is 2. The van der Waals surface area contributed by atoms with Gasteiger partial charge in [0.15, 0.2) is 0 Å². The lowest BCUT2D eigenvalue weighted by atomic mass is 10.1. The number of nitrogens with zero attached hydrogens (tertiary/aromatic N) is 12. The van der Waals surface area contributed by atoms with Crippen molar-refractivity contribution in [2.24, 2.45) is 9.98 Å². The van der Waals surface area contributed by atoms with Crippen LogP contribution in [-0.4, -0.2) is 81.9 Å². The van der Waals surface area contributed by atoms with Gasteiger partial charge in [-0.05, 0) is 26.7 Å². The first-order valence-electron chi connectivity index (χ1n) is 17.5. The van der Waals surface area contributed by atoms with Gasteiger partial charge in [-0.1, -0.05) is 21.3 Å². The molecule has 8 rings (SSSR count). The Morgan fingerprint density at radius 2 is 1.26 bits per heavy atom. The van der Waals surface area contributed by atoms with Crippen LogP contribution in [0.1, 0.15) is 71.6 Å². The molecule has 0 saturated carbocycles. The first-order valence-corrected chi connectivity index (χ1v) is 17.5. The first kappa shape index (κ1) is 37.3. The van der Waals surface area contributed by atoms with Crippen LogP contribution < -0.4 is 16.4 Å². The van der Waals surface area contributed by atoms with E-state index in [4.69, 9.17) is 10.1 Å². The molecule has 8 heterocycles. The van der Waals surface area contributed by atoms with Gasteiger partial charge in [0, 0.05) is 81.7 Å². The van der Waals surface area contributed by atoms with E-state index in [2.05, 4.69) is 30.5 Å². The average molecular weight is 740 g/mol. The molecule has 0 aliphatic carbocycles. The van der Waals surface area contributed by atoms with Crippen LogP contribution in [0.25, 0.3) is 11.6 Å². The average Bonchev–Trinajstić information content (AvgIpc) is 3.94. The maximum absolute atomic E-state index is 13.0.